The molecule has 5 heteroatoms. The Balaban J connectivity index is 1.55. The van der Waals surface area contributed by atoms with Crippen molar-refractivity contribution in [1.29, 1.82) is 0 Å². The van der Waals surface area contributed by atoms with Gasteiger partial charge < -0.3 is 10.2 Å². The van der Waals surface area contributed by atoms with E-state index in [1.807, 2.05) is 6.07 Å². The van der Waals surface area contributed by atoms with E-state index in [-0.39, 0.29) is 23.4 Å². The Morgan fingerprint density at radius 1 is 1.22 bits per heavy atom. The summed E-state index contributed by atoms with van der Waals surface area (Å²) >= 11 is 0. The van der Waals surface area contributed by atoms with Gasteiger partial charge in [-0.3, -0.25) is 4.79 Å². The minimum Gasteiger partial charge on any atom is -0.329 e. The molecule has 0 unspecified atom stereocenters. The average Bonchev–Trinajstić information content (AvgIpc) is 3.05. The van der Waals surface area contributed by atoms with Crippen LogP contribution in [-0.4, -0.2) is 45.2 Å². The van der Waals surface area contributed by atoms with Crippen molar-refractivity contribution < 1.29 is 4.79 Å². The van der Waals surface area contributed by atoms with E-state index >= 15 is 0 Å². The SMILES string of the molecule is C[C@]12C[C@@H]3N[C@H]1CCC[C@H]2N(C(=O)c1cccnn1)[C@@H]3Cc1ccccc1. The van der Waals surface area contributed by atoms with Crippen LogP contribution in [0.25, 0.3) is 0 Å². The van der Waals surface area contributed by atoms with Gasteiger partial charge >= 0.3 is 0 Å². The molecular weight excluding hydrogens is 336 g/mol. The normalized spacial score (nSPS) is 34.5. The van der Waals surface area contributed by atoms with Crippen LogP contribution in [0, 0.1) is 5.41 Å². The molecule has 2 aromatic rings. The minimum atomic E-state index is 0.0364. The molecule has 1 aromatic carbocycles. The summed E-state index contributed by atoms with van der Waals surface area (Å²) in [6.07, 6.45) is 7.13. The smallest absolute Gasteiger partial charge is 0.274 e. The van der Waals surface area contributed by atoms with Crippen LogP contribution in [0.2, 0.25) is 0 Å². The molecule has 2 aliphatic heterocycles. The molecule has 0 radical (unpaired) electrons. The molecule has 3 heterocycles. The van der Waals surface area contributed by atoms with E-state index in [0.717, 1.165) is 19.3 Å². The molecule has 1 aromatic heterocycles. The van der Waals surface area contributed by atoms with Crippen LogP contribution >= 0.6 is 0 Å². The first-order valence-electron chi connectivity index (χ1n) is 10.1. The molecule has 2 bridgehead atoms. The van der Waals surface area contributed by atoms with Gasteiger partial charge in [-0.05, 0) is 49.8 Å². The molecule has 1 aliphatic carbocycles. The largest absolute Gasteiger partial charge is 0.329 e. The van der Waals surface area contributed by atoms with E-state index in [0.29, 0.717) is 17.8 Å². The number of benzene rings is 1. The molecule has 3 aliphatic rings. The van der Waals surface area contributed by atoms with Crippen LogP contribution in [0.1, 0.15) is 48.7 Å². The third-order valence-electron chi connectivity index (χ3n) is 7.07. The number of nitrogens with one attached hydrogen (secondary N) is 1. The summed E-state index contributed by atoms with van der Waals surface area (Å²) in [4.78, 5) is 15.7. The van der Waals surface area contributed by atoms with Gasteiger partial charge in [-0.2, -0.15) is 5.10 Å². The molecule has 0 spiro atoms. The lowest BCUT2D eigenvalue weighted by atomic mass is 9.64. The van der Waals surface area contributed by atoms with Crippen molar-refractivity contribution in [3.8, 4) is 0 Å². The monoisotopic (exact) mass is 362 g/mol. The molecule has 1 N–H and O–H groups in total. The Morgan fingerprint density at radius 3 is 2.85 bits per heavy atom. The van der Waals surface area contributed by atoms with Crippen molar-refractivity contribution in [2.24, 2.45) is 5.41 Å². The molecule has 27 heavy (non-hydrogen) atoms. The van der Waals surface area contributed by atoms with E-state index in [4.69, 9.17) is 0 Å². The van der Waals surface area contributed by atoms with Gasteiger partial charge in [0.1, 0.15) is 0 Å². The van der Waals surface area contributed by atoms with Gasteiger partial charge in [0.2, 0.25) is 0 Å². The van der Waals surface area contributed by atoms with Gasteiger partial charge in [0.25, 0.3) is 5.91 Å². The highest BCUT2D eigenvalue weighted by atomic mass is 16.2. The fourth-order valence-corrected chi connectivity index (χ4v) is 5.82. The highest BCUT2D eigenvalue weighted by Crippen LogP contribution is 2.52. The topological polar surface area (TPSA) is 58.1 Å². The summed E-state index contributed by atoms with van der Waals surface area (Å²) in [5, 5.41) is 12.0. The van der Waals surface area contributed by atoms with Crippen molar-refractivity contribution >= 4 is 5.91 Å². The summed E-state index contributed by atoms with van der Waals surface area (Å²) in [5.74, 6) is 0.0364. The van der Waals surface area contributed by atoms with E-state index in [1.165, 1.54) is 18.4 Å². The second kappa shape index (κ2) is 6.41. The maximum absolute atomic E-state index is 13.6. The number of likely N-dealkylation sites (tertiary alicyclic amines) is 1. The van der Waals surface area contributed by atoms with E-state index in [9.17, 15) is 4.79 Å². The van der Waals surface area contributed by atoms with E-state index < -0.39 is 0 Å². The number of piperidine rings is 1. The van der Waals surface area contributed by atoms with Gasteiger partial charge in [0, 0.05) is 29.7 Å². The van der Waals surface area contributed by atoms with Crippen LogP contribution in [0.5, 0.6) is 0 Å². The maximum atomic E-state index is 13.6. The lowest BCUT2D eigenvalue weighted by molar-refractivity contribution is -0.0115. The van der Waals surface area contributed by atoms with Crippen molar-refractivity contribution in [1.82, 2.24) is 20.4 Å². The Bertz CT molecular complexity index is 827. The molecule has 1 saturated carbocycles. The number of carbonyl (C=O) groups is 1. The molecule has 3 fully saturated rings. The average molecular weight is 362 g/mol. The minimum absolute atomic E-state index is 0.0364. The van der Waals surface area contributed by atoms with Gasteiger partial charge in [-0.15, -0.1) is 5.10 Å². The van der Waals surface area contributed by atoms with Crippen molar-refractivity contribution in [3.05, 3.63) is 59.9 Å². The predicted molar refractivity (Wildman–Crippen MR) is 103 cm³/mol. The molecule has 5 atom stereocenters. The first-order valence-corrected chi connectivity index (χ1v) is 10.1. The van der Waals surface area contributed by atoms with Gasteiger partial charge in [0.15, 0.2) is 5.69 Å². The Hall–Kier alpha value is -2.27. The number of rotatable bonds is 3. The zero-order valence-corrected chi connectivity index (χ0v) is 15.7. The van der Waals surface area contributed by atoms with Crippen molar-refractivity contribution in [2.75, 3.05) is 0 Å². The van der Waals surface area contributed by atoms with Crippen LogP contribution in [0.3, 0.4) is 0 Å². The second-order valence-electron chi connectivity index (χ2n) is 8.56. The highest BCUT2D eigenvalue weighted by Gasteiger charge is 2.60. The fraction of sp³-hybridized carbons (Fsp3) is 0.500. The number of nitrogens with zero attached hydrogens (tertiary/aromatic N) is 3. The standard InChI is InChI=1S/C22H26N4O/c1-22-14-17-18(13-15-7-3-2-4-8-15)26(20(22)11-5-10-19(22)24-17)21(27)16-9-6-12-23-25-16/h2-4,6-9,12,17-20,24H,5,10-11,13-14H2,1H3/t17-,18+,19-,20+,22-/m0/s1. The second-order valence-corrected chi connectivity index (χ2v) is 8.56. The Labute approximate surface area is 160 Å². The summed E-state index contributed by atoms with van der Waals surface area (Å²) in [7, 11) is 0. The molecule has 5 nitrogen and oxygen atoms in total. The number of carbonyl (C=O) groups excluding carboxylic acids is 1. The lowest BCUT2D eigenvalue weighted by Gasteiger charge is -2.53. The fourth-order valence-electron chi connectivity index (χ4n) is 5.82. The number of hydrogen-bond acceptors (Lipinski definition) is 4. The summed E-state index contributed by atoms with van der Waals surface area (Å²) in [6, 6.07) is 15.4. The number of fused-ring (bicyclic) bond motifs is 1. The first-order chi connectivity index (χ1) is 13.2. The van der Waals surface area contributed by atoms with E-state index in [2.05, 4.69) is 51.6 Å². The molecule has 140 valence electrons. The number of aromatic nitrogens is 2. The van der Waals surface area contributed by atoms with Crippen LogP contribution in [-0.2, 0) is 6.42 Å². The van der Waals surface area contributed by atoms with Crippen molar-refractivity contribution in [2.45, 2.75) is 63.2 Å². The van der Waals surface area contributed by atoms with Crippen molar-refractivity contribution in [3.63, 3.8) is 0 Å². The zero-order valence-electron chi connectivity index (χ0n) is 15.7. The van der Waals surface area contributed by atoms with E-state index in [1.54, 1.807) is 18.3 Å². The third-order valence-corrected chi connectivity index (χ3v) is 7.07. The highest BCUT2D eigenvalue weighted by molar-refractivity contribution is 5.93. The van der Waals surface area contributed by atoms with Gasteiger partial charge in [-0.25, -0.2) is 0 Å². The Kier molecular flexibility index (Phi) is 4.01. The van der Waals surface area contributed by atoms with Crippen LogP contribution in [0.15, 0.2) is 48.7 Å². The summed E-state index contributed by atoms with van der Waals surface area (Å²) in [6.45, 7) is 2.38. The van der Waals surface area contributed by atoms with Gasteiger partial charge in [0.05, 0.1) is 6.04 Å². The molecular formula is C22H26N4O. The number of amides is 1. The molecule has 2 saturated heterocycles. The first kappa shape index (κ1) is 16.9. The Morgan fingerprint density at radius 2 is 2.07 bits per heavy atom. The quantitative estimate of drug-likeness (QED) is 0.912. The predicted octanol–water partition coefficient (Wildman–Crippen LogP) is 2.83. The van der Waals surface area contributed by atoms with Gasteiger partial charge in [-0.1, -0.05) is 37.3 Å². The van der Waals surface area contributed by atoms with Crippen LogP contribution < -0.4 is 5.32 Å². The summed E-state index contributed by atoms with van der Waals surface area (Å²) in [5.41, 5.74) is 1.91. The third kappa shape index (κ3) is 2.67. The maximum Gasteiger partial charge on any atom is 0.274 e. The summed E-state index contributed by atoms with van der Waals surface area (Å²) < 4.78 is 0. The number of hydrogen-bond donors (Lipinski definition) is 1. The van der Waals surface area contributed by atoms with Crippen LogP contribution in [0.4, 0.5) is 0 Å². The molecule has 5 rings (SSSR count). The zero-order chi connectivity index (χ0) is 18.4. The molecule has 1 amide bonds. The lowest BCUT2D eigenvalue weighted by Crippen LogP contribution is -2.62.